The molecule has 94 valence electrons. The summed E-state index contributed by atoms with van der Waals surface area (Å²) in [5.74, 6) is 0. The maximum Gasteiger partial charge on any atom is 0.296 e. The van der Waals surface area contributed by atoms with Gasteiger partial charge in [-0.2, -0.15) is 0 Å². The van der Waals surface area contributed by atoms with Gasteiger partial charge in [-0.3, -0.25) is 10.1 Å². The normalized spacial score (nSPS) is 11.1. The highest BCUT2D eigenvalue weighted by Crippen LogP contribution is 2.35. The zero-order chi connectivity index (χ0) is 13.6. The summed E-state index contributed by atoms with van der Waals surface area (Å²) >= 11 is 9.40. The first-order chi connectivity index (χ1) is 9.08. The number of nitrogens with zero attached hydrogens (tertiary/aromatic N) is 2. The van der Waals surface area contributed by atoms with E-state index in [0.29, 0.717) is 15.4 Å². The van der Waals surface area contributed by atoms with E-state index in [4.69, 9.17) is 11.6 Å². The van der Waals surface area contributed by atoms with Crippen LogP contribution in [-0.4, -0.2) is 9.91 Å². The number of fused-ring (bicyclic) bond motifs is 3. The number of benzene rings is 2. The van der Waals surface area contributed by atoms with Crippen LogP contribution < -0.4 is 0 Å². The van der Waals surface area contributed by atoms with Crippen LogP contribution in [0.5, 0.6) is 0 Å². The molecule has 0 spiro atoms. The molecule has 0 saturated heterocycles. The molecule has 0 aliphatic heterocycles. The van der Waals surface area contributed by atoms with Gasteiger partial charge in [0.2, 0.25) is 0 Å². The fourth-order valence-electron chi connectivity index (χ4n) is 2.10. The molecule has 0 aliphatic rings. The average Bonchev–Trinajstić information content (AvgIpc) is 2.39. The third-order valence-corrected chi connectivity index (χ3v) is 3.65. The van der Waals surface area contributed by atoms with E-state index < -0.39 is 4.92 Å². The molecule has 0 unspecified atom stereocenters. The van der Waals surface area contributed by atoms with Crippen LogP contribution in [0.15, 0.2) is 40.9 Å². The molecule has 0 amide bonds. The van der Waals surface area contributed by atoms with Crippen molar-refractivity contribution in [3.05, 3.63) is 56.1 Å². The lowest BCUT2D eigenvalue weighted by atomic mass is 10.1. The summed E-state index contributed by atoms with van der Waals surface area (Å²) in [6, 6.07) is 10.7. The Morgan fingerprint density at radius 3 is 2.53 bits per heavy atom. The number of nitro benzene ring substituents is 1. The van der Waals surface area contributed by atoms with Crippen molar-refractivity contribution in [1.29, 1.82) is 0 Å². The van der Waals surface area contributed by atoms with E-state index in [-0.39, 0.29) is 10.8 Å². The largest absolute Gasteiger partial charge is 0.296 e. The Bertz CT molecular complexity index is 836. The van der Waals surface area contributed by atoms with Crippen LogP contribution in [0.25, 0.3) is 21.7 Å². The van der Waals surface area contributed by atoms with Crippen LogP contribution in [0.4, 0.5) is 5.69 Å². The lowest BCUT2D eigenvalue weighted by Gasteiger charge is -2.06. The first-order valence-corrected chi connectivity index (χ1v) is 6.57. The fraction of sp³-hybridized carbons (Fsp3) is 0. The second kappa shape index (κ2) is 4.43. The van der Waals surface area contributed by atoms with Gasteiger partial charge in [0.05, 0.1) is 4.92 Å². The maximum absolute atomic E-state index is 11.1. The van der Waals surface area contributed by atoms with Crippen molar-refractivity contribution < 1.29 is 4.92 Å². The van der Waals surface area contributed by atoms with Gasteiger partial charge >= 0.3 is 0 Å². The highest BCUT2D eigenvalue weighted by Gasteiger charge is 2.18. The monoisotopic (exact) mass is 336 g/mol. The van der Waals surface area contributed by atoms with E-state index >= 15 is 0 Å². The Balaban J connectivity index is 2.60. The Labute approximate surface area is 121 Å². The second-order valence-corrected chi connectivity index (χ2v) is 5.30. The number of hydrogen-bond donors (Lipinski definition) is 0. The van der Waals surface area contributed by atoms with Gasteiger partial charge in [-0.1, -0.05) is 51.8 Å². The Kier molecular flexibility index (Phi) is 2.88. The predicted octanol–water partition coefficient (Wildman–Crippen LogP) is 4.71. The van der Waals surface area contributed by atoms with Crippen LogP contribution >= 0.6 is 27.5 Å². The lowest BCUT2D eigenvalue weighted by Crippen LogP contribution is -1.93. The Hall–Kier alpha value is -1.72. The zero-order valence-corrected chi connectivity index (χ0v) is 11.8. The molecule has 6 heteroatoms. The smallest absolute Gasteiger partial charge is 0.258 e. The minimum Gasteiger partial charge on any atom is -0.258 e. The molecule has 0 N–H and O–H groups in total. The fourth-order valence-corrected chi connectivity index (χ4v) is 2.80. The first-order valence-electron chi connectivity index (χ1n) is 5.40. The van der Waals surface area contributed by atoms with Crippen molar-refractivity contribution in [2.24, 2.45) is 0 Å². The highest BCUT2D eigenvalue weighted by molar-refractivity contribution is 9.10. The van der Waals surface area contributed by atoms with Gasteiger partial charge in [-0.25, -0.2) is 4.98 Å². The van der Waals surface area contributed by atoms with Crippen LogP contribution in [-0.2, 0) is 0 Å². The summed E-state index contributed by atoms with van der Waals surface area (Å²) in [4.78, 5) is 14.8. The van der Waals surface area contributed by atoms with Crippen LogP contribution in [0, 0.1) is 10.1 Å². The summed E-state index contributed by atoms with van der Waals surface area (Å²) in [5, 5.41) is 13.7. The molecule has 0 saturated carbocycles. The van der Waals surface area contributed by atoms with E-state index in [1.165, 1.54) is 6.07 Å². The van der Waals surface area contributed by atoms with Crippen molar-refractivity contribution in [2.45, 2.75) is 0 Å². The molecular weight excluding hydrogens is 332 g/mol. The summed E-state index contributed by atoms with van der Waals surface area (Å²) < 4.78 is 0.640. The zero-order valence-electron chi connectivity index (χ0n) is 9.43. The molecule has 19 heavy (non-hydrogen) atoms. The Morgan fingerprint density at radius 2 is 1.84 bits per heavy atom. The molecule has 4 nitrogen and oxygen atoms in total. The molecular formula is C13H6BrClN2O2. The van der Waals surface area contributed by atoms with Gasteiger partial charge in [-0.05, 0) is 11.5 Å². The summed E-state index contributed by atoms with van der Waals surface area (Å²) in [5.41, 5.74) is 0.244. The van der Waals surface area contributed by atoms with Gasteiger partial charge in [-0.15, -0.1) is 0 Å². The number of non-ortho nitro benzene ring substituents is 1. The van der Waals surface area contributed by atoms with Gasteiger partial charge < -0.3 is 0 Å². The standard InChI is InChI=1S/C13H6BrClN2O2/c14-7-5-10-8-3-1-2-4-9(8)13(15)16-12(10)11(6-7)17(18)19/h1-6H. The topological polar surface area (TPSA) is 56.0 Å². The molecule has 0 fully saturated rings. The van der Waals surface area contributed by atoms with E-state index in [9.17, 15) is 10.1 Å². The van der Waals surface area contributed by atoms with Crippen molar-refractivity contribution in [1.82, 2.24) is 4.98 Å². The van der Waals surface area contributed by atoms with Crippen molar-refractivity contribution in [2.75, 3.05) is 0 Å². The molecule has 0 atom stereocenters. The van der Waals surface area contributed by atoms with Crippen molar-refractivity contribution >= 4 is 54.9 Å². The molecule has 1 heterocycles. The van der Waals surface area contributed by atoms with Crippen LogP contribution in [0.3, 0.4) is 0 Å². The van der Waals surface area contributed by atoms with Crippen LogP contribution in [0.1, 0.15) is 0 Å². The number of aromatic nitrogens is 1. The molecule has 0 bridgehead atoms. The summed E-state index contributed by atoms with van der Waals surface area (Å²) in [7, 11) is 0. The van der Waals surface area contributed by atoms with Gasteiger partial charge in [0, 0.05) is 21.3 Å². The van der Waals surface area contributed by atoms with E-state index in [0.717, 1.165) is 10.8 Å². The molecule has 0 radical (unpaired) electrons. The second-order valence-electron chi connectivity index (χ2n) is 4.03. The minimum absolute atomic E-state index is 0.0583. The van der Waals surface area contributed by atoms with E-state index in [2.05, 4.69) is 20.9 Å². The number of pyridine rings is 1. The SMILES string of the molecule is O=[N+]([O-])c1cc(Br)cc2c1nc(Cl)c1ccccc12. The molecule has 2 aromatic carbocycles. The third-order valence-electron chi connectivity index (χ3n) is 2.90. The van der Waals surface area contributed by atoms with Gasteiger partial charge in [0.1, 0.15) is 5.15 Å². The first kappa shape index (κ1) is 12.3. The number of rotatable bonds is 1. The van der Waals surface area contributed by atoms with Crippen molar-refractivity contribution in [3.8, 4) is 0 Å². The molecule has 0 aliphatic carbocycles. The lowest BCUT2D eigenvalue weighted by molar-refractivity contribution is -0.383. The predicted molar refractivity (Wildman–Crippen MR) is 78.6 cm³/mol. The van der Waals surface area contributed by atoms with Crippen molar-refractivity contribution in [3.63, 3.8) is 0 Å². The van der Waals surface area contributed by atoms with Crippen LogP contribution in [0.2, 0.25) is 5.15 Å². The number of nitro groups is 1. The molecule has 3 aromatic rings. The Morgan fingerprint density at radius 1 is 1.16 bits per heavy atom. The van der Waals surface area contributed by atoms with Gasteiger partial charge in [0.25, 0.3) is 5.69 Å². The third kappa shape index (κ3) is 1.95. The highest BCUT2D eigenvalue weighted by atomic mass is 79.9. The maximum atomic E-state index is 11.1. The minimum atomic E-state index is -0.453. The van der Waals surface area contributed by atoms with E-state index in [1.54, 1.807) is 0 Å². The number of halogens is 2. The summed E-state index contributed by atoms with van der Waals surface area (Å²) in [6.07, 6.45) is 0. The molecule has 1 aromatic heterocycles. The number of hydrogen-bond acceptors (Lipinski definition) is 3. The van der Waals surface area contributed by atoms with E-state index in [1.807, 2.05) is 30.3 Å². The quantitative estimate of drug-likeness (QED) is 0.279. The summed E-state index contributed by atoms with van der Waals surface area (Å²) in [6.45, 7) is 0. The average molecular weight is 338 g/mol. The molecule has 3 rings (SSSR count). The van der Waals surface area contributed by atoms with Gasteiger partial charge in [0.15, 0.2) is 5.52 Å².